The van der Waals surface area contributed by atoms with Gasteiger partial charge in [-0.25, -0.2) is 0 Å². The number of halogens is 2. The summed E-state index contributed by atoms with van der Waals surface area (Å²) in [5.41, 5.74) is 1.47. The quantitative estimate of drug-likeness (QED) is 0.750. The molecule has 0 unspecified atom stereocenters. The van der Waals surface area contributed by atoms with Gasteiger partial charge in [0, 0.05) is 5.56 Å². The first-order valence-corrected chi connectivity index (χ1v) is 4.99. The zero-order valence-corrected chi connectivity index (χ0v) is 8.70. The van der Waals surface area contributed by atoms with E-state index in [0.29, 0.717) is 10.0 Å². The molecule has 5 heteroatoms. The Labute approximate surface area is 89.5 Å². The third kappa shape index (κ3) is 1.68. The smallest absolute Gasteiger partial charge is 0.107 e. The molecule has 0 saturated carbocycles. The fourth-order valence-electron chi connectivity index (χ4n) is 1.02. The summed E-state index contributed by atoms with van der Waals surface area (Å²) in [5.74, 6) is 0. The third-order valence-electron chi connectivity index (χ3n) is 1.58. The van der Waals surface area contributed by atoms with Gasteiger partial charge in [0.15, 0.2) is 0 Å². The van der Waals surface area contributed by atoms with Crippen molar-refractivity contribution in [1.82, 2.24) is 8.75 Å². The number of aromatic nitrogens is 2. The van der Waals surface area contributed by atoms with Crippen LogP contribution in [0.3, 0.4) is 0 Å². The molecule has 0 aliphatic carbocycles. The van der Waals surface area contributed by atoms with Crippen molar-refractivity contribution >= 4 is 34.9 Å². The van der Waals surface area contributed by atoms with Crippen molar-refractivity contribution in [3.63, 3.8) is 0 Å². The van der Waals surface area contributed by atoms with Crippen molar-refractivity contribution in [3.05, 3.63) is 34.4 Å². The summed E-state index contributed by atoms with van der Waals surface area (Å²) in [6, 6.07) is 5.36. The van der Waals surface area contributed by atoms with Crippen LogP contribution in [0, 0.1) is 0 Å². The summed E-state index contributed by atoms with van der Waals surface area (Å²) < 4.78 is 7.96. The minimum Gasteiger partial charge on any atom is -0.181 e. The molecular weight excluding hydrogens is 227 g/mol. The summed E-state index contributed by atoms with van der Waals surface area (Å²) in [4.78, 5) is 0. The van der Waals surface area contributed by atoms with Gasteiger partial charge in [0.2, 0.25) is 0 Å². The molecule has 13 heavy (non-hydrogen) atoms. The van der Waals surface area contributed by atoms with E-state index in [2.05, 4.69) is 8.75 Å². The molecule has 0 amide bonds. The number of nitrogens with zero attached hydrogens (tertiary/aromatic N) is 2. The minimum atomic E-state index is 0.597. The molecular formula is C8H4Cl2N2S. The Bertz CT molecular complexity index is 394. The van der Waals surface area contributed by atoms with Crippen molar-refractivity contribution in [3.8, 4) is 11.3 Å². The summed E-state index contributed by atoms with van der Waals surface area (Å²) in [7, 11) is 0. The van der Waals surface area contributed by atoms with Crippen LogP contribution >= 0.6 is 34.9 Å². The SMILES string of the molecule is Clc1cccc(Cl)c1-c1cnsn1. The molecule has 0 atom stereocenters. The van der Waals surface area contributed by atoms with E-state index in [4.69, 9.17) is 23.2 Å². The minimum absolute atomic E-state index is 0.597. The van der Waals surface area contributed by atoms with Gasteiger partial charge in [0.05, 0.1) is 28.0 Å². The number of hydrogen-bond donors (Lipinski definition) is 0. The van der Waals surface area contributed by atoms with E-state index in [0.717, 1.165) is 23.0 Å². The highest BCUT2D eigenvalue weighted by Crippen LogP contribution is 2.33. The van der Waals surface area contributed by atoms with Crippen LogP contribution in [-0.4, -0.2) is 8.75 Å². The second kappa shape index (κ2) is 3.62. The molecule has 0 saturated heterocycles. The second-order valence-electron chi connectivity index (χ2n) is 2.39. The second-order valence-corrected chi connectivity index (χ2v) is 3.76. The van der Waals surface area contributed by atoms with Gasteiger partial charge >= 0.3 is 0 Å². The Morgan fingerprint density at radius 1 is 1.15 bits per heavy atom. The van der Waals surface area contributed by atoms with Gasteiger partial charge in [-0.15, -0.1) is 0 Å². The zero-order chi connectivity index (χ0) is 9.26. The Morgan fingerprint density at radius 2 is 1.85 bits per heavy atom. The molecule has 0 N–H and O–H groups in total. The fourth-order valence-corrected chi connectivity index (χ4v) is 2.03. The zero-order valence-electron chi connectivity index (χ0n) is 6.37. The number of hydrogen-bond acceptors (Lipinski definition) is 3. The lowest BCUT2D eigenvalue weighted by atomic mass is 10.2. The molecule has 1 heterocycles. The fraction of sp³-hybridized carbons (Fsp3) is 0. The molecule has 0 aliphatic heterocycles. The van der Waals surface area contributed by atoms with Gasteiger partial charge in [-0.05, 0) is 12.1 Å². The van der Waals surface area contributed by atoms with Crippen molar-refractivity contribution < 1.29 is 0 Å². The van der Waals surface area contributed by atoms with Crippen molar-refractivity contribution in [2.75, 3.05) is 0 Å². The van der Waals surface area contributed by atoms with E-state index >= 15 is 0 Å². The summed E-state index contributed by atoms with van der Waals surface area (Å²) >= 11 is 13.1. The van der Waals surface area contributed by atoms with Crippen molar-refractivity contribution in [1.29, 1.82) is 0 Å². The molecule has 2 nitrogen and oxygen atoms in total. The topological polar surface area (TPSA) is 25.8 Å². The molecule has 2 rings (SSSR count). The summed E-state index contributed by atoms with van der Waals surface area (Å²) in [6.45, 7) is 0. The van der Waals surface area contributed by atoms with E-state index < -0.39 is 0 Å². The molecule has 0 bridgehead atoms. The molecule has 1 aromatic heterocycles. The first kappa shape index (κ1) is 8.94. The average molecular weight is 231 g/mol. The van der Waals surface area contributed by atoms with Gasteiger partial charge in [-0.3, -0.25) is 0 Å². The Balaban J connectivity index is 2.64. The number of benzene rings is 1. The van der Waals surface area contributed by atoms with Crippen LogP contribution in [0.5, 0.6) is 0 Å². The van der Waals surface area contributed by atoms with E-state index in [-0.39, 0.29) is 0 Å². The molecule has 0 fully saturated rings. The van der Waals surface area contributed by atoms with E-state index in [1.54, 1.807) is 24.4 Å². The van der Waals surface area contributed by atoms with Crippen LogP contribution < -0.4 is 0 Å². The van der Waals surface area contributed by atoms with Crippen molar-refractivity contribution in [2.24, 2.45) is 0 Å². The highest BCUT2D eigenvalue weighted by Gasteiger charge is 2.09. The summed E-state index contributed by atoms with van der Waals surface area (Å²) in [6.07, 6.45) is 1.65. The Kier molecular flexibility index (Phi) is 2.49. The summed E-state index contributed by atoms with van der Waals surface area (Å²) in [5, 5.41) is 1.19. The molecule has 0 radical (unpaired) electrons. The van der Waals surface area contributed by atoms with Crippen LogP contribution in [0.15, 0.2) is 24.4 Å². The third-order valence-corrected chi connectivity index (χ3v) is 2.69. The van der Waals surface area contributed by atoms with Crippen LogP contribution in [-0.2, 0) is 0 Å². The van der Waals surface area contributed by atoms with Crippen LogP contribution in [0.1, 0.15) is 0 Å². The average Bonchev–Trinajstić information content (AvgIpc) is 2.57. The van der Waals surface area contributed by atoms with Gasteiger partial charge in [-0.1, -0.05) is 29.3 Å². The first-order valence-electron chi connectivity index (χ1n) is 3.51. The molecule has 2 aromatic rings. The van der Waals surface area contributed by atoms with Crippen molar-refractivity contribution in [2.45, 2.75) is 0 Å². The largest absolute Gasteiger partial charge is 0.181 e. The van der Waals surface area contributed by atoms with Gasteiger partial charge in [0.1, 0.15) is 5.69 Å². The number of rotatable bonds is 1. The highest BCUT2D eigenvalue weighted by molar-refractivity contribution is 6.99. The highest BCUT2D eigenvalue weighted by atomic mass is 35.5. The standard InChI is InChI=1S/C8H4Cl2N2S/c9-5-2-1-3-6(10)8(5)7-4-11-13-12-7/h1-4H. The van der Waals surface area contributed by atoms with Crippen LogP contribution in [0.25, 0.3) is 11.3 Å². The maximum atomic E-state index is 5.97. The Morgan fingerprint density at radius 3 is 2.38 bits per heavy atom. The molecule has 0 aliphatic rings. The van der Waals surface area contributed by atoms with Crippen LogP contribution in [0.4, 0.5) is 0 Å². The van der Waals surface area contributed by atoms with E-state index in [9.17, 15) is 0 Å². The Hall–Kier alpha value is -0.640. The van der Waals surface area contributed by atoms with E-state index in [1.165, 1.54) is 0 Å². The maximum Gasteiger partial charge on any atom is 0.107 e. The lowest BCUT2D eigenvalue weighted by Crippen LogP contribution is -1.80. The molecule has 0 spiro atoms. The van der Waals surface area contributed by atoms with Gasteiger partial charge in [0.25, 0.3) is 0 Å². The monoisotopic (exact) mass is 230 g/mol. The normalized spacial score (nSPS) is 10.3. The first-order chi connectivity index (χ1) is 6.29. The van der Waals surface area contributed by atoms with Gasteiger partial charge in [-0.2, -0.15) is 8.75 Å². The molecule has 1 aromatic carbocycles. The lowest BCUT2D eigenvalue weighted by molar-refractivity contribution is 1.49. The van der Waals surface area contributed by atoms with Crippen LogP contribution in [0.2, 0.25) is 10.0 Å². The van der Waals surface area contributed by atoms with E-state index in [1.807, 2.05) is 0 Å². The lowest BCUT2D eigenvalue weighted by Gasteiger charge is -2.01. The maximum absolute atomic E-state index is 5.97. The molecule has 66 valence electrons. The predicted octanol–water partition coefficient (Wildman–Crippen LogP) is 3.51. The van der Waals surface area contributed by atoms with Gasteiger partial charge < -0.3 is 0 Å². The predicted molar refractivity (Wildman–Crippen MR) is 55.4 cm³/mol.